The molecule has 0 radical (unpaired) electrons. The third-order valence-corrected chi connectivity index (χ3v) is 3.06. The maximum Gasteiger partial charge on any atom is 0.160 e. The van der Waals surface area contributed by atoms with E-state index in [9.17, 15) is 4.79 Å². The lowest BCUT2D eigenvalue weighted by atomic mass is 9.96. The lowest BCUT2D eigenvalue weighted by Gasteiger charge is -2.07. The van der Waals surface area contributed by atoms with Crippen LogP contribution in [0.5, 0.6) is 0 Å². The Morgan fingerprint density at radius 3 is 2.78 bits per heavy atom. The number of hydrogen-bond acceptors (Lipinski definition) is 2. The van der Waals surface area contributed by atoms with Crippen LogP contribution >= 0.6 is 0 Å². The molecule has 3 nitrogen and oxygen atoms in total. The van der Waals surface area contributed by atoms with Crippen molar-refractivity contribution in [3.05, 3.63) is 54.4 Å². The number of benzene rings is 1. The number of Topliss-reactive ketones (excluding diaryl/α,β-unsaturated/α-hetero) is 1. The van der Waals surface area contributed by atoms with Crippen molar-refractivity contribution in [2.75, 3.05) is 0 Å². The van der Waals surface area contributed by atoms with Crippen molar-refractivity contribution in [2.24, 2.45) is 0 Å². The number of nitrogens with one attached hydrogen (secondary N) is 1. The number of carbonyl (C=O) groups is 1. The fraction of sp³-hybridized carbons (Fsp3) is 0.0667. The first-order valence-corrected chi connectivity index (χ1v) is 5.80. The zero-order chi connectivity index (χ0) is 12.5. The second-order valence-electron chi connectivity index (χ2n) is 4.20. The Bertz CT molecular complexity index is 728. The van der Waals surface area contributed by atoms with Crippen LogP contribution in [-0.2, 0) is 0 Å². The van der Waals surface area contributed by atoms with Crippen LogP contribution in [0.3, 0.4) is 0 Å². The first-order valence-electron chi connectivity index (χ1n) is 5.80. The quantitative estimate of drug-likeness (QED) is 0.693. The van der Waals surface area contributed by atoms with Gasteiger partial charge in [-0.05, 0) is 30.2 Å². The molecule has 3 rings (SSSR count). The number of aromatic nitrogens is 2. The number of ketones is 1. The molecular formula is C15H12N2O. The molecule has 0 fully saturated rings. The molecule has 0 aliphatic carbocycles. The van der Waals surface area contributed by atoms with Gasteiger partial charge in [0.1, 0.15) is 5.65 Å². The van der Waals surface area contributed by atoms with E-state index in [0.29, 0.717) is 0 Å². The van der Waals surface area contributed by atoms with Crippen molar-refractivity contribution in [1.82, 2.24) is 9.97 Å². The largest absolute Gasteiger partial charge is 0.346 e. The molecule has 0 bridgehead atoms. The summed E-state index contributed by atoms with van der Waals surface area (Å²) in [7, 11) is 0. The highest BCUT2D eigenvalue weighted by atomic mass is 16.1. The van der Waals surface area contributed by atoms with Crippen LogP contribution < -0.4 is 0 Å². The van der Waals surface area contributed by atoms with Crippen LogP contribution in [0.1, 0.15) is 17.3 Å². The van der Waals surface area contributed by atoms with Gasteiger partial charge in [-0.3, -0.25) is 4.79 Å². The Balaban J connectivity index is 2.33. The van der Waals surface area contributed by atoms with Gasteiger partial charge in [-0.15, -0.1) is 0 Å². The van der Waals surface area contributed by atoms with E-state index in [2.05, 4.69) is 9.97 Å². The molecule has 3 aromatic rings. The van der Waals surface area contributed by atoms with Gasteiger partial charge in [-0.1, -0.05) is 24.3 Å². The Morgan fingerprint density at radius 2 is 1.94 bits per heavy atom. The Morgan fingerprint density at radius 1 is 1.11 bits per heavy atom. The second kappa shape index (κ2) is 4.11. The lowest BCUT2D eigenvalue weighted by molar-refractivity contribution is 0.101. The van der Waals surface area contributed by atoms with Crippen LogP contribution in [0.2, 0.25) is 0 Å². The average molecular weight is 236 g/mol. The van der Waals surface area contributed by atoms with Crippen molar-refractivity contribution in [1.29, 1.82) is 0 Å². The number of carbonyl (C=O) groups excluding carboxylic acids is 1. The average Bonchev–Trinajstić information content (AvgIpc) is 2.86. The van der Waals surface area contributed by atoms with Crippen molar-refractivity contribution in [3.63, 3.8) is 0 Å². The van der Waals surface area contributed by atoms with Crippen molar-refractivity contribution in [2.45, 2.75) is 6.92 Å². The Kier molecular flexibility index (Phi) is 2.45. The summed E-state index contributed by atoms with van der Waals surface area (Å²) < 4.78 is 0. The SMILES string of the molecule is CC(=O)c1ccccc1-c1ccnc2[nH]ccc12. The minimum atomic E-state index is 0.0751. The predicted octanol–water partition coefficient (Wildman–Crippen LogP) is 3.43. The molecule has 0 aliphatic heterocycles. The minimum Gasteiger partial charge on any atom is -0.346 e. The summed E-state index contributed by atoms with van der Waals surface area (Å²) >= 11 is 0. The van der Waals surface area contributed by atoms with Crippen LogP contribution in [0.15, 0.2) is 48.8 Å². The van der Waals surface area contributed by atoms with Gasteiger partial charge in [0.2, 0.25) is 0 Å². The first-order chi connectivity index (χ1) is 8.77. The predicted molar refractivity (Wildman–Crippen MR) is 71.5 cm³/mol. The van der Waals surface area contributed by atoms with Crippen molar-refractivity contribution >= 4 is 16.8 Å². The highest BCUT2D eigenvalue weighted by Gasteiger charge is 2.11. The fourth-order valence-electron chi connectivity index (χ4n) is 2.22. The molecule has 18 heavy (non-hydrogen) atoms. The summed E-state index contributed by atoms with van der Waals surface area (Å²) in [5.41, 5.74) is 3.57. The van der Waals surface area contributed by atoms with Crippen molar-refractivity contribution < 1.29 is 4.79 Å². The van der Waals surface area contributed by atoms with E-state index in [0.717, 1.165) is 27.7 Å². The summed E-state index contributed by atoms with van der Waals surface area (Å²) in [6.45, 7) is 1.59. The molecule has 1 N–H and O–H groups in total. The van der Waals surface area contributed by atoms with Crippen molar-refractivity contribution in [3.8, 4) is 11.1 Å². The molecule has 0 spiro atoms. The Hall–Kier alpha value is -2.42. The maximum atomic E-state index is 11.7. The third-order valence-electron chi connectivity index (χ3n) is 3.06. The second-order valence-corrected chi connectivity index (χ2v) is 4.20. The first kappa shape index (κ1) is 10.7. The molecule has 1 aromatic carbocycles. The standard InChI is InChI=1S/C15H12N2O/c1-10(18)11-4-2-3-5-12(11)13-6-8-16-15-14(13)7-9-17-15/h2-9H,1H3,(H,16,17). The third kappa shape index (κ3) is 1.61. The van der Waals surface area contributed by atoms with Gasteiger partial charge in [-0.25, -0.2) is 4.98 Å². The molecular weight excluding hydrogens is 224 g/mol. The number of aromatic amines is 1. The highest BCUT2D eigenvalue weighted by molar-refractivity contribution is 6.04. The summed E-state index contributed by atoms with van der Waals surface area (Å²) in [4.78, 5) is 19.0. The summed E-state index contributed by atoms with van der Waals surface area (Å²) in [6, 6.07) is 11.6. The normalized spacial score (nSPS) is 10.7. The molecule has 3 heteroatoms. The number of nitrogens with zero attached hydrogens (tertiary/aromatic N) is 1. The number of fused-ring (bicyclic) bond motifs is 1. The van der Waals surface area contributed by atoms with Crippen LogP contribution in [0.25, 0.3) is 22.2 Å². The van der Waals surface area contributed by atoms with E-state index in [1.54, 1.807) is 13.1 Å². The number of hydrogen-bond donors (Lipinski definition) is 1. The zero-order valence-electron chi connectivity index (χ0n) is 9.97. The zero-order valence-corrected chi connectivity index (χ0v) is 9.97. The summed E-state index contributed by atoms with van der Waals surface area (Å²) in [6.07, 6.45) is 3.61. The van der Waals surface area contributed by atoms with Gasteiger partial charge in [0.25, 0.3) is 0 Å². The van der Waals surface area contributed by atoms with Gasteiger partial charge >= 0.3 is 0 Å². The molecule has 2 heterocycles. The monoisotopic (exact) mass is 236 g/mol. The highest BCUT2D eigenvalue weighted by Crippen LogP contribution is 2.29. The van der Waals surface area contributed by atoms with Gasteiger partial charge in [0, 0.05) is 23.3 Å². The van der Waals surface area contributed by atoms with Gasteiger partial charge in [0.15, 0.2) is 5.78 Å². The smallest absolute Gasteiger partial charge is 0.160 e. The topological polar surface area (TPSA) is 45.8 Å². The van der Waals surface area contributed by atoms with E-state index in [4.69, 9.17) is 0 Å². The summed E-state index contributed by atoms with van der Waals surface area (Å²) in [5, 5.41) is 1.03. The minimum absolute atomic E-state index is 0.0751. The van der Waals surface area contributed by atoms with E-state index in [-0.39, 0.29) is 5.78 Å². The van der Waals surface area contributed by atoms with Gasteiger partial charge in [0.05, 0.1) is 0 Å². The van der Waals surface area contributed by atoms with Gasteiger partial charge < -0.3 is 4.98 Å². The van der Waals surface area contributed by atoms with E-state index < -0.39 is 0 Å². The van der Waals surface area contributed by atoms with E-state index in [1.165, 1.54) is 0 Å². The van der Waals surface area contributed by atoms with Crippen LogP contribution in [0, 0.1) is 0 Å². The molecule has 88 valence electrons. The number of H-pyrrole nitrogens is 1. The molecule has 0 unspecified atom stereocenters. The lowest BCUT2D eigenvalue weighted by Crippen LogP contribution is -1.96. The molecule has 0 amide bonds. The molecule has 2 aromatic heterocycles. The van der Waals surface area contributed by atoms with Crippen LogP contribution in [0.4, 0.5) is 0 Å². The van der Waals surface area contributed by atoms with Gasteiger partial charge in [-0.2, -0.15) is 0 Å². The molecule has 0 saturated carbocycles. The number of pyridine rings is 1. The van der Waals surface area contributed by atoms with Crippen LogP contribution in [-0.4, -0.2) is 15.8 Å². The van der Waals surface area contributed by atoms with E-state index >= 15 is 0 Å². The maximum absolute atomic E-state index is 11.7. The fourth-order valence-corrected chi connectivity index (χ4v) is 2.22. The van der Waals surface area contributed by atoms with E-state index in [1.807, 2.05) is 42.6 Å². The molecule has 0 saturated heterocycles. The Labute approximate surface area is 104 Å². The number of rotatable bonds is 2. The molecule has 0 aliphatic rings. The molecule has 0 atom stereocenters. The summed E-state index contributed by atoms with van der Waals surface area (Å²) in [5.74, 6) is 0.0751.